The van der Waals surface area contributed by atoms with Crippen LogP contribution in [0.3, 0.4) is 0 Å². The number of halogens is 1. The molecule has 2 aliphatic rings. The van der Waals surface area contributed by atoms with E-state index in [4.69, 9.17) is 4.99 Å². The van der Waals surface area contributed by atoms with Crippen molar-refractivity contribution in [3.8, 4) is 0 Å². The van der Waals surface area contributed by atoms with Crippen LogP contribution in [-0.4, -0.2) is 40.9 Å². The van der Waals surface area contributed by atoms with E-state index < -0.39 is 0 Å². The van der Waals surface area contributed by atoms with Crippen LogP contribution in [0.4, 0.5) is 0 Å². The van der Waals surface area contributed by atoms with E-state index >= 15 is 0 Å². The second kappa shape index (κ2) is 10.2. The van der Waals surface area contributed by atoms with E-state index in [0.717, 1.165) is 10.9 Å². The Morgan fingerprint density at radius 1 is 1.27 bits per heavy atom. The summed E-state index contributed by atoms with van der Waals surface area (Å²) in [6, 6.07) is 8.94. The molecule has 3 rings (SSSR count). The number of rotatable bonds is 5. The first-order valence-electron chi connectivity index (χ1n) is 9.38. The number of amides is 1. The van der Waals surface area contributed by atoms with Crippen molar-refractivity contribution in [1.82, 2.24) is 10.2 Å². The minimum Gasteiger partial charge on any atom is -0.352 e. The molecule has 0 spiro atoms. The Labute approximate surface area is 167 Å². The molecule has 1 saturated heterocycles. The van der Waals surface area contributed by atoms with Gasteiger partial charge in [0.2, 0.25) is 5.91 Å². The zero-order valence-corrected chi connectivity index (χ0v) is 17.4. The molecule has 144 valence electrons. The average Bonchev–Trinajstić information content (AvgIpc) is 2.95. The number of benzene rings is 1. The number of aliphatic imine (C=N–C) groups is 1. The van der Waals surface area contributed by atoms with E-state index in [1.807, 2.05) is 23.9 Å². The SMILES string of the molecule is Cc1ccccc1CNC(=O)CC1CS/C(=N\C2CCCCC2)N1C.Cl. The fourth-order valence-electron chi connectivity index (χ4n) is 3.52. The number of carbonyl (C=O) groups is 1. The van der Waals surface area contributed by atoms with E-state index in [1.54, 1.807) is 0 Å². The zero-order chi connectivity index (χ0) is 17.6. The van der Waals surface area contributed by atoms with Gasteiger partial charge < -0.3 is 10.2 Å². The van der Waals surface area contributed by atoms with Crippen molar-refractivity contribution in [1.29, 1.82) is 0 Å². The van der Waals surface area contributed by atoms with E-state index in [-0.39, 0.29) is 24.4 Å². The van der Waals surface area contributed by atoms with Crippen LogP contribution in [-0.2, 0) is 11.3 Å². The average molecular weight is 396 g/mol. The molecule has 1 N–H and O–H groups in total. The van der Waals surface area contributed by atoms with Crippen LogP contribution in [0, 0.1) is 6.92 Å². The lowest BCUT2D eigenvalue weighted by Crippen LogP contribution is -2.36. The van der Waals surface area contributed by atoms with Gasteiger partial charge in [0.15, 0.2) is 5.17 Å². The molecule has 0 aromatic heterocycles. The summed E-state index contributed by atoms with van der Waals surface area (Å²) < 4.78 is 0. The third-order valence-electron chi connectivity index (χ3n) is 5.28. The normalized spacial score (nSPS) is 22.3. The molecule has 1 aromatic rings. The Kier molecular flexibility index (Phi) is 8.29. The highest BCUT2D eigenvalue weighted by Gasteiger charge is 2.29. The van der Waals surface area contributed by atoms with Gasteiger partial charge in [0.25, 0.3) is 0 Å². The number of aryl methyl sites for hydroxylation is 1. The molecule has 6 heteroatoms. The standard InChI is InChI=1S/C20H29N3OS.ClH/c1-15-8-6-7-9-16(15)13-21-19(24)12-18-14-25-20(23(18)2)22-17-10-4-3-5-11-17;/h6-9,17-18H,3-5,10-14H2,1-2H3,(H,21,24);1H/b22-20-;. The maximum atomic E-state index is 12.3. The first-order valence-corrected chi connectivity index (χ1v) is 10.4. The quantitative estimate of drug-likeness (QED) is 0.814. The van der Waals surface area contributed by atoms with Gasteiger partial charge in [-0.05, 0) is 30.9 Å². The minimum absolute atomic E-state index is 0. The molecule has 1 saturated carbocycles. The number of thioether (sulfide) groups is 1. The summed E-state index contributed by atoms with van der Waals surface area (Å²) in [5, 5.41) is 4.20. The summed E-state index contributed by atoms with van der Waals surface area (Å²) in [6.07, 6.45) is 6.95. The van der Waals surface area contributed by atoms with Crippen LogP contribution in [0.15, 0.2) is 29.3 Å². The summed E-state index contributed by atoms with van der Waals surface area (Å²) in [6.45, 7) is 2.69. The maximum absolute atomic E-state index is 12.3. The highest BCUT2D eigenvalue weighted by molar-refractivity contribution is 8.14. The molecule has 1 atom stereocenters. The highest BCUT2D eigenvalue weighted by atomic mass is 35.5. The molecule has 26 heavy (non-hydrogen) atoms. The number of nitrogens with one attached hydrogen (secondary N) is 1. The number of carbonyl (C=O) groups excluding carboxylic acids is 1. The second-order valence-corrected chi connectivity index (χ2v) is 8.17. The molecule has 1 unspecified atom stereocenters. The van der Waals surface area contributed by atoms with E-state index in [9.17, 15) is 4.79 Å². The molecule has 1 aliphatic heterocycles. The maximum Gasteiger partial charge on any atom is 0.222 e. The number of hydrogen-bond acceptors (Lipinski definition) is 3. The zero-order valence-electron chi connectivity index (χ0n) is 15.7. The van der Waals surface area contributed by atoms with Crippen molar-refractivity contribution in [3.63, 3.8) is 0 Å². The van der Waals surface area contributed by atoms with Crippen molar-refractivity contribution in [2.24, 2.45) is 4.99 Å². The lowest BCUT2D eigenvalue weighted by molar-refractivity contribution is -0.121. The lowest BCUT2D eigenvalue weighted by atomic mass is 9.96. The van der Waals surface area contributed by atoms with E-state index in [0.29, 0.717) is 19.0 Å². The summed E-state index contributed by atoms with van der Waals surface area (Å²) in [5.74, 6) is 1.08. The molecule has 0 bridgehead atoms. The monoisotopic (exact) mass is 395 g/mol. The molecular weight excluding hydrogens is 366 g/mol. The molecule has 2 fully saturated rings. The topological polar surface area (TPSA) is 44.7 Å². The fraction of sp³-hybridized carbons (Fsp3) is 0.600. The third-order valence-corrected chi connectivity index (χ3v) is 6.48. The van der Waals surface area contributed by atoms with Crippen LogP contribution >= 0.6 is 24.2 Å². The van der Waals surface area contributed by atoms with Gasteiger partial charge in [-0.2, -0.15) is 0 Å². The third kappa shape index (κ3) is 5.65. The van der Waals surface area contributed by atoms with Crippen molar-refractivity contribution in [2.75, 3.05) is 12.8 Å². The lowest BCUT2D eigenvalue weighted by Gasteiger charge is -2.23. The Hall–Kier alpha value is -1.20. The van der Waals surface area contributed by atoms with Gasteiger partial charge in [0.05, 0.1) is 6.04 Å². The van der Waals surface area contributed by atoms with Crippen LogP contribution in [0.2, 0.25) is 0 Å². The Balaban J connectivity index is 0.00000243. The predicted octanol–water partition coefficient (Wildman–Crippen LogP) is 4.16. The van der Waals surface area contributed by atoms with Gasteiger partial charge in [0, 0.05) is 31.8 Å². The molecule has 0 radical (unpaired) electrons. The number of amidine groups is 1. The summed E-state index contributed by atoms with van der Waals surface area (Å²) >= 11 is 1.81. The highest BCUT2D eigenvalue weighted by Crippen LogP contribution is 2.28. The van der Waals surface area contributed by atoms with Crippen LogP contribution in [0.5, 0.6) is 0 Å². The fourth-order valence-corrected chi connectivity index (χ4v) is 4.78. The van der Waals surface area contributed by atoms with Crippen molar-refractivity contribution in [3.05, 3.63) is 35.4 Å². The van der Waals surface area contributed by atoms with E-state index in [2.05, 4.69) is 36.3 Å². The van der Waals surface area contributed by atoms with E-state index in [1.165, 1.54) is 43.2 Å². The molecule has 1 amide bonds. The Morgan fingerprint density at radius 3 is 2.73 bits per heavy atom. The summed E-state index contributed by atoms with van der Waals surface area (Å²) in [5.41, 5.74) is 2.41. The number of nitrogens with zero attached hydrogens (tertiary/aromatic N) is 2. The van der Waals surface area contributed by atoms with Crippen molar-refractivity contribution in [2.45, 2.75) is 64.1 Å². The van der Waals surface area contributed by atoms with Crippen molar-refractivity contribution < 1.29 is 4.79 Å². The predicted molar refractivity (Wildman–Crippen MR) is 113 cm³/mol. The molecular formula is C20H30ClN3OS. The molecule has 4 nitrogen and oxygen atoms in total. The smallest absolute Gasteiger partial charge is 0.222 e. The van der Waals surface area contributed by atoms with Crippen LogP contribution < -0.4 is 5.32 Å². The molecule has 1 aromatic carbocycles. The second-order valence-electron chi connectivity index (χ2n) is 7.19. The van der Waals surface area contributed by atoms with Crippen molar-refractivity contribution >= 4 is 35.2 Å². The van der Waals surface area contributed by atoms with Gasteiger partial charge >= 0.3 is 0 Å². The number of hydrogen-bond donors (Lipinski definition) is 1. The Bertz CT molecular complexity index is 631. The van der Waals surface area contributed by atoms with Crippen LogP contribution in [0.1, 0.15) is 49.7 Å². The van der Waals surface area contributed by atoms with Gasteiger partial charge in [-0.1, -0.05) is 55.3 Å². The first-order chi connectivity index (χ1) is 12.1. The summed E-state index contributed by atoms with van der Waals surface area (Å²) in [4.78, 5) is 19.5. The first kappa shape index (κ1) is 21.1. The minimum atomic E-state index is 0. The van der Waals surface area contributed by atoms with Gasteiger partial charge in [-0.3, -0.25) is 9.79 Å². The summed E-state index contributed by atoms with van der Waals surface area (Å²) in [7, 11) is 2.08. The molecule has 1 heterocycles. The molecule has 1 aliphatic carbocycles. The Morgan fingerprint density at radius 2 is 2.00 bits per heavy atom. The largest absolute Gasteiger partial charge is 0.352 e. The van der Waals surface area contributed by atoms with Crippen LogP contribution in [0.25, 0.3) is 0 Å². The van der Waals surface area contributed by atoms with Gasteiger partial charge in [-0.15, -0.1) is 12.4 Å². The van der Waals surface area contributed by atoms with Gasteiger partial charge in [0.1, 0.15) is 0 Å². The van der Waals surface area contributed by atoms with Gasteiger partial charge in [-0.25, -0.2) is 0 Å².